The zero-order valence-corrected chi connectivity index (χ0v) is 10.1. The van der Waals surface area contributed by atoms with Crippen LogP contribution in [0.1, 0.15) is 0 Å². The first-order chi connectivity index (χ1) is 8.33. The quantitative estimate of drug-likeness (QED) is 0.600. The number of fused-ring (bicyclic) bond motifs is 1. The second-order valence-electron chi connectivity index (χ2n) is 3.56. The van der Waals surface area contributed by atoms with E-state index in [1.807, 2.05) is 18.2 Å². The molecular weight excluding hydrogens is 240 g/mol. The molecule has 0 aliphatic rings. The standard InChI is InChI=1S/C12H13ClN2O2/c13-5-7-17-8-6-15-12(16)11-4-2-1-3-10(11)9-14-15/h1-4,9H,5-8H2. The minimum atomic E-state index is -0.0856. The topological polar surface area (TPSA) is 44.1 Å². The monoisotopic (exact) mass is 252 g/mol. The molecule has 4 nitrogen and oxygen atoms in total. The van der Waals surface area contributed by atoms with E-state index in [0.29, 0.717) is 31.0 Å². The molecule has 0 radical (unpaired) electrons. The number of benzene rings is 1. The summed E-state index contributed by atoms with van der Waals surface area (Å²) in [7, 11) is 0. The molecular formula is C12H13ClN2O2. The highest BCUT2D eigenvalue weighted by Crippen LogP contribution is 2.06. The van der Waals surface area contributed by atoms with Crippen molar-refractivity contribution in [3.63, 3.8) is 0 Å². The lowest BCUT2D eigenvalue weighted by Gasteiger charge is -2.05. The van der Waals surface area contributed by atoms with E-state index in [4.69, 9.17) is 16.3 Å². The molecule has 0 aliphatic heterocycles. The minimum absolute atomic E-state index is 0.0856. The van der Waals surface area contributed by atoms with Gasteiger partial charge in [0, 0.05) is 11.3 Å². The van der Waals surface area contributed by atoms with Crippen LogP contribution in [0, 0.1) is 0 Å². The highest BCUT2D eigenvalue weighted by molar-refractivity contribution is 6.17. The van der Waals surface area contributed by atoms with Crippen molar-refractivity contribution in [2.24, 2.45) is 0 Å². The molecule has 0 fully saturated rings. The second kappa shape index (κ2) is 5.80. The predicted octanol–water partition coefficient (Wildman–Crippen LogP) is 1.65. The molecule has 0 atom stereocenters. The van der Waals surface area contributed by atoms with Crippen molar-refractivity contribution >= 4 is 22.4 Å². The van der Waals surface area contributed by atoms with E-state index in [1.54, 1.807) is 12.3 Å². The van der Waals surface area contributed by atoms with Crippen LogP contribution in [0.15, 0.2) is 35.3 Å². The molecule has 0 N–H and O–H groups in total. The Hall–Kier alpha value is -1.39. The van der Waals surface area contributed by atoms with Crippen LogP contribution < -0.4 is 5.56 Å². The smallest absolute Gasteiger partial charge is 0.274 e. The van der Waals surface area contributed by atoms with Gasteiger partial charge in [-0.05, 0) is 6.07 Å². The van der Waals surface area contributed by atoms with Crippen LogP contribution >= 0.6 is 11.6 Å². The molecule has 90 valence electrons. The fourth-order valence-corrected chi connectivity index (χ4v) is 1.70. The van der Waals surface area contributed by atoms with E-state index in [-0.39, 0.29) is 5.56 Å². The van der Waals surface area contributed by atoms with E-state index >= 15 is 0 Å². The maximum Gasteiger partial charge on any atom is 0.274 e. The Morgan fingerprint density at radius 3 is 2.94 bits per heavy atom. The summed E-state index contributed by atoms with van der Waals surface area (Å²) >= 11 is 5.48. The van der Waals surface area contributed by atoms with Crippen LogP contribution in [0.25, 0.3) is 10.8 Å². The summed E-state index contributed by atoms with van der Waals surface area (Å²) in [6.07, 6.45) is 1.69. The molecule has 2 rings (SSSR count). The molecule has 0 saturated carbocycles. The largest absolute Gasteiger partial charge is 0.378 e. The van der Waals surface area contributed by atoms with Gasteiger partial charge in [-0.25, -0.2) is 4.68 Å². The van der Waals surface area contributed by atoms with Crippen LogP contribution in [0.3, 0.4) is 0 Å². The molecule has 17 heavy (non-hydrogen) atoms. The van der Waals surface area contributed by atoms with Crippen LogP contribution in [-0.2, 0) is 11.3 Å². The Morgan fingerprint density at radius 1 is 1.29 bits per heavy atom. The molecule has 0 spiro atoms. The van der Waals surface area contributed by atoms with Gasteiger partial charge in [0.25, 0.3) is 5.56 Å². The third kappa shape index (κ3) is 2.84. The van der Waals surface area contributed by atoms with Gasteiger partial charge in [0.2, 0.25) is 0 Å². The molecule has 1 aromatic heterocycles. The molecule has 0 saturated heterocycles. The lowest BCUT2D eigenvalue weighted by molar-refractivity contribution is 0.137. The van der Waals surface area contributed by atoms with Crippen molar-refractivity contribution in [1.29, 1.82) is 0 Å². The van der Waals surface area contributed by atoms with Crippen LogP contribution in [0.2, 0.25) is 0 Å². The van der Waals surface area contributed by atoms with Gasteiger partial charge in [-0.2, -0.15) is 5.10 Å². The van der Waals surface area contributed by atoms with Crippen LogP contribution in [0.5, 0.6) is 0 Å². The lowest BCUT2D eigenvalue weighted by atomic mass is 10.2. The summed E-state index contributed by atoms with van der Waals surface area (Å²) in [6.45, 7) is 1.38. The molecule has 0 unspecified atom stereocenters. The summed E-state index contributed by atoms with van der Waals surface area (Å²) in [5.74, 6) is 0.458. The molecule has 0 bridgehead atoms. The van der Waals surface area contributed by atoms with Gasteiger partial charge in [-0.1, -0.05) is 18.2 Å². The Labute approximate surface area is 104 Å². The Balaban J connectivity index is 2.18. The lowest BCUT2D eigenvalue weighted by Crippen LogP contribution is -2.25. The maximum absolute atomic E-state index is 12.0. The van der Waals surface area contributed by atoms with Crippen molar-refractivity contribution in [1.82, 2.24) is 9.78 Å². The van der Waals surface area contributed by atoms with Crippen molar-refractivity contribution < 1.29 is 4.74 Å². The van der Waals surface area contributed by atoms with E-state index in [2.05, 4.69) is 5.10 Å². The number of ether oxygens (including phenoxy) is 1. The third-order valence-corrected chi connectivity index (χ3v) is 2.59. The highest BCUT2D eigenvalue weighted by atomic mass is 35.5. The fraction of sp³-hybridized carbons (Fsp3) is 0.333. The summed E-state index contributed by atoms with van der Waals surface area (Å²) in [6, 6.07) is 7.41. The molecule has 2 aromatic rings. The molecule has 0 aliphatic carbocycles. The second-order valence-corrected chi connectivity index (χ2v) is 3.94. The average Bonchev–Trinajstić information content (AvgIpc) is 2.37. The number of halogens is 1. The van der Waals surface area contributed by atoms with Gasteiger partial charge in [0.15, 0.2) is 0 Å². The minimum Gasteiger partial charge on any atom is -0.378 e. The Kier molecular flexibility index (Phi) is 4.12. The first-order valence-electron chi connectivity index (χ1n) is 5.41. The van der Waals surface area contributed by atoms with Gasteiger partial charge in [-0.3, -0.25) is 4.79 Å². The van der Waals surface area contributed by atoms with Gasteiger partial charge in [0.1, 0.15) is 0 Å². The number of hydrogen-bond donors (Lipinski definition) is 0. The average molecular weight is 253 g/mol. The first-order valence-corrected chi connectivity index (χ1v) is 5.95. The SMILES string of the molecule is O=c1c2ccccc2cnn1CCOCCCl. The van der Waals surface area contributed by atoms with Gasteiger partial charge >= 0.3 is 0 Å². The summed E-state index contributed by atoms with van der Waals surface area (Å²) < 4.78 is 6.64. The van der Waals surface area contributed by atoms with Crippen LogP contribution in [-0.4, -0.2) is 28.9 Å². The third-order valence-electron chi connectivity index (χ3n) is 2.43. The normalized spacial score (nSPS) is 10.9. The van der Waals surface area contributed by atoms with Gasteiger partial charge in [0.05, 0.1) is 31.3 Å². The van der Waals surface area contributed by atoms with Crippen molar-refractivity contribution in [3.8, 4) is 0 Å². The van der Waals surface area contributed by atoms with E-state index in [9.17, 15) is 4.79 Å². The number of hydrogen-bond acceptors (Lipinski definition) is 3. The number of nitrogens with zero attached hydrogens (tertiary/aromatic N) is 2. The number of aromatic nitrogens is 2. The van der Waals surface area contributed by atoms with E-state index in [1.165, 1.54) is 4.68 Å². The predicted molar refractivity (Wildman–Crippen MR) is 67.5 cm³/mol. The van der Waals surface area contributed by atoms with Gasteiger partial charge < -0.3 is 4.74 Å². The van der Waals surface area contributed by atoms with Gasteiger partial charge in [-0.15, -0.1) is 11.6 Å². The van der Waals surface area contributed by atoms with E-state index in [0.717, 1.165) is 5.39 Å². The Morgan fingerprint density at radius 2 is 2.12 bits per heavy atom. The van der Waals surface area contributed by atoms with Crippen molar-refractivity contribution in [3.05, 3.63) is 40.8 Å². The van der Waals surface area contributed by atoms with Crippen molar-refractivity contribution in [2.75, 3.05) is 19.1 Å². The zero-order chi connectivity index (χ0) is 12.1. The molecule has 1 heterocycles. The maximum atomic E-state index is 12.0. The van der Waals surface area contributed by atoms with Crippen molar-refractivity contribution in [2.45, 2.75) is 6.54 Å². The number of alkyl halides is 1. The first kappa shape index (κ1) is 12.1. The number of rotatable bonds is 5. The Bertz CT molecular complexity index is 553. The molecule has 5 heteroatoms. The van der Waals surface area contributed by atoms with Crippen LogP contribution in [0.4, 0.5) is 0 Å². The van der Waals surface area contributed by atoms with E-state index < -0.39 is 0 Å². The molecule has 1 aromatic carbocycles. The summed E-state index contributed by atoms with van der Waals surface area (Å²) in [4.78, 5) is 12.0. The molecule has 0 amide bonds. The fourth-order valence-electron chi connectivity index (χ4n) is 1.59. The summed E-state index contributed by atoms with van der Waals surface area (Å²) in [5.41, 5.74) is -0.0856. The highest BCUT2D eigenvalue weighted by Gasteiger charge is 2.02. The zero-order valence-electron chi connectivity index (χ0n) is 9.30. The summed E-state index contributed by atoms with van der Waals surface area (Å²) in [5, 5.41) is 5.63.